The van der Waals surface area contributed by atoms with Gasteiger partial charge in [-0.1, -0.05) is 63.4 Å². The molecule has 0 heterocycles. The number of nitrogens with zero attached hydrogens (tertiary/aromatic N) is 1. The lowest BCUT2D eigenvalue weighted by Crippen LogP contribution is -2.43. The molecule has 0 N–H and O–H groups in total. The van der Waals surface area contributed by atoms with Crippen molar-refractivity contribution in [2.24, 2.45) is 5.92 Å². The standard InChI is InChI=1S/C21H33NO2.ClH/c1-4-22(5-2)16-17-24-20(23)21(3,18-12-8-6-9-13-18)19-14-10-7-11-15-19;/h6,8-9,12-13,19H,4-5,7,10-11,14-17H2,1-3H3;1H. The Bertz CT molecular complexity index is 498. The topological polar surface area (TPSA) is 29.5 Å². The SMILES string of the molecule is CCN(CC)CCOC(=O)C(C)(c1ccccc1)C1CCCCC1.Cl. The van der Waals surface area contributed by atoms with Crippen molar-refractivity contribution in [3.8, 4) is 0 Å². The van der Waals surface area contributed by atoms with Crippen LogP contribution in [0.15, 0.2) is 30.3 Å². The number of hydrogen-bond donors (Lipinski definition) is 0. The van der Waals surface area contributed by atoms with Gasteiger partial charge in [-0.05, 0) is 44.3 Å². The van der Waals surface area contributed by atoms with Gasteiger partial charge in [0.1, 0.15) is 6.61 Å². The number of carbonyl (C=O) groups excluding carboxylic acids is 1. The largest absolute Gasteiger partial charge is 0.464 e. The Morgan fingerprint density at radius 2 is 1.72 bits per heavy atom. The molecule has 0 saturated heterocycles. The smallest absolute Gasteiger partial charge is 0.316 e. The van der Waals surface area contributed by atoms with Crippen molar-refractivity contribution in [1.82, 2.24) is 4.90 Å². The first kappa shape index (κ1) is 22.0. The molecule has 1 aromatic carbocycles. The lowest BCUT2D eigenvalue weighted by atomic mass is 9.66. The zero-order valence-electron chi connectivity index (χ0n) is 16.0. The van der Waals surface area contributed by atoms with Crippen LogP contribution in [-0.4, -0.2) is 37.1 Å². The third-order valence-electron chi connectivity index (χ3n) is 5.75. The van der Waals surface area contributed by atoms with Crippen LogP contribution in [0.1, 0.15) is 58.4 Å². The van der Waals surface area contributed by atoms with E-state index in [4.69, 9.17) is 4.74 Å². The molecule has 2 rings (SSSR count). The third kappa shape index (κ3) is 5.46. The number of benzene rings is 1. The molecule has 0 bridgehead atoms. The van der Waals surface area contributed by atoms with Gasteiger partial charge in [-0.3, -0.25) is 4.79 Å². The Labute approximate surface area is 159 Å². The predicted molar refractivity (Wildman–Crippen MR) is 106 cm³/mol. The van der Waals surface area contributed by atoms with Gasteiger partial charge < -0.3 is 9.64 Å². The third-order valence-corrected chi connectivity index (χ3v) is 5.75. The second kappa shape index (κ2) is 10.8. The Morgan fingerprint density at radius 3 is 2.28 bits per heavy atom. The Balaban J connectivity index is 0.00000312. The lowest BCUT2D eigenvalue weighted by molar-refractivity contribution is -0.153. The summed E-state index contributed by atoms with van der Waals surface area (Å²) in [6, 6.07) is 10.2. The zero-order chi connectivity index (χ0) is 17.4. The van der Waals surface area contributed by atoms with Gasteiger partial charge in [0, 0.05) is 6.54 Å². The number of halogens is 1. The molecule has 1 aliphatic carbocycles. The minimum Gasteiger partial charge on any atom is -0.464 e. The quantitative estimate of drug-likeness (QED) is 0.616. The maximum atomic E-state index is 13.1. The molecule has 1 unspecified atom stereocenters. The molecule has 25 heavy (non-hydrogen) atoms. The van der Waals surface area contributed by atoms with E-state index in [1.165, 1.54) is 19.3 Å². The van der Waals surface area contributed by atoms with Crippen LogP contribution in [0.4, 0.5) is 0 Å². The summed E-state index contributed by atoms with van der Waals surface area (Å²) < 4.78 is 5.77. The maximum Gasteiger partial charge on any atom is 0.316 e. The molecule has 0 aliphatic heterocycles. The number of hydrogen-bond acceptors (Lipinski definition) is 3. The normalized spacial score (nSPS) is 17.6. The summed E-state index contributed by atoms with van der Waals surface area (Å²) in [6.45, 7) is 9.66. The van der Waals surface area contributed by atoms with E-state index >= 15 is 0 Å². The van der Waals surface area contributed by atoms with Crippen LogP contribution >= 0.6 is 12.4 Å². The van der Waals surface area contributed by atoms with Crippen LogP contribution in [0.25, 0.3) is 0 Å². The van der Waals surface area contributed by atoms with Crippen molar-refractivity contribution in [3.05, 3.63) is 35.9 Å². The van der Waals surface area contributed by atoms with Gasteiger partial charge >= 0.3 is 5.97 Å². The average molecular weight is 368 g/mol. The maximum absolute atomic E-state index is 13.1. The highest BCUT2D eigenvalue weighted by atomic mass is 35.5. The molecule has 4 heteroatoms. The molecule has 0 radical (unpaired) electrons. The van der Waals surface area contributed by atoms with E-state index in [9.17, 15) is 4.79 Å². The van der Waals surface area contributed by atoms with Gasteiger partial charge in [-0.25, -0.2) is 0 Å². The number of ether oxygens (including phenoxy) is 1. The van der Waals surface area contributed by atoms with Crippen molar-refractivity contribution in [2.75, 3.05) is 26.2 Å². The van der Waals surface area contributed by atoms with E-state index in [0.717, 1.165) is 38.0 Å². The van der Waals surface area contributed by atoms with E-state index in [2.05, 4.69) is 37.8 Å². The van der Waals surface area contributed by atoms with E-state index in [0.29, 0.717) is 12.5 Å². The van der Waals surface area contributed by atoms with Gasteiger partial charge in [-0.2, -0.15) is 0 Å². The van der Waals surface area contributed by atoms with Crippen molar-refractivity contribution >= 4 is 18.4 Å². The minimum atomic E-state index is -0.523. The summed E-state index contributed by atoms with van der Waals surface area (Å²) >= 11 is 0. The molecule has 3 nitrogen and oxygen atoms in total. The molecule has 1 aliphatic rings. The fraction of sp³-hybridized carbons (Fsp3) is 0.667. The summed E-state index contributed by atoms with van der Waals surface area (Å²) in [7, 11) is 0. The highest BCUT2D eigenvalue weighted by Crippen LogP contribution is 2.41. The summed E-state index contributed by atoms with van der Waals surface area (Å²) in [5, 5.41) is 0. The van der Waals surface area contributed by atoms with Gasteiger partial charge in [0.15, 0.2) is 0 Å². The van der Waals surface area contributed by atoms with E-state index in [1.54, 1.807) is 0 Å². The lowest BCUT2D eigenvalue weighted by Gasteiger charge is -2.38. The second-order valence-electron chi connectivity index (χ2n) is 7.07. The highest BCUT2D eigenvalue weighted by Gasteiger charge is 2.44. The van der Waals surface area contributed by atoms with Gasteiger partial charge in [0.25, 0.3) is 0 Å². The van der Waals surface area contributed by atoms with E-state index in [1.807, 2.05) is 18.2 Å². The van der Waals surface area contributed by atoms with Crippen molar-refractivity contribution in [1.29, 1.82) is 0 Å². The Morgan fingerprint density at radius 1 is 1.12 bits per heavy atom. The van der Waals surface area contributed by atoms with Gasteiger partial charge in [-0.15, -0.1) is 12.4 Å². The first-order chi connectivity index (χ1) is 11.6. The molecular weight excluding hydrogens is 334 g/mol. The fourth-order valence-electron chi connectivity index (χ4n) is 3.94. The molecule has 0 aromatic heterocycles. The Kier molecular flexibility index (Phi) is 9.52. The molecule has 0 spiro atoms. The number of esters is 1. The summed E-state index contributed by atoms with van der Waals surface area (Å²) in [5.74, 6) is 0.336. The molecule has 142 valence electrons. The van der Waals surface area contributed by atoms with Crippen LogP contribution in [0.5, 0.6) is 0 Å². The number of carbonyl (C=O) groups is 1. The molecule has 1 saturated carbocycles. The van der Waals surface area contributed by atoms with Crippen LogP contribution in [0.2, 0.25) is 0 Å². The van der Waals surface area contributed by atoms with Gasteiger partial charge in [0.2, 0.25) is 0 Å². The number of rotatable bonds is 8. The zero-order valence-corrected chi connectivity index (χ0v) is 16.8. The number of likely N-dealkylation sites (N-methyl/N-ethyl adjacent to an activating group) is 1. The molecule has 0 amide bonds. The van der Waals surface area contributed by atoms with Crippen LogP contribution in [-0.2, 0) is 14.9 Å². The molecular formula is C21H34ClNO2. The van der Waals surface area contributed by atoms with Crippen LogP contribution in [0.3, 0.4) is 0 Å². The molecule has 1 atom stereocenters. The van der Waals surface area contributed by atoms with Crippen molar-refractivity contribution < 1.29 is 9.53 Å². The Hall–Kier alpha value is -1.06. The van der Waals surface area contributed by atoms with E-state index in [-0.39, 0.29) is 18.4 Å². The first-order valence-electron chi connectivity index (χ1n) is 9.58. The monoisotopic (exact) mass is 367 g/mol. The summed E-state index contributed by atoms with van der Waals surface area (Å²) in [5.41, 5.74) is 0.579. The highest BCUT2D eigenvalue weighted by molar-refractivity contribution is 5.85. The van der Waals surface area contributed by atoms with Crippen LogP contribution in [0, 0.1) is 5.92 Å². The van der Waals surface area contributed by atoms with Crippen LogP contribution < -0.4 is 0 Å². The van der Waals surface area contributed by atoms with Crippen molar-refractivity contribution in [2.45, 2.75) is 58.3 Å². The summed E-state index contributed by atoms with van der Waals surface area (Å²) in [6.07, 6.45) is 5.98. The molecule has 1 fully saturated rings. The minimum absolute atomic E-state index is 0. The molecule has 1 aromatic rings. The van der Waals surface area contributed by atoms with Crippen molar-refractivity contribution in [3.63, 3.8) is 0 Å². The van der Waals surface area contributed by atoms with E-state index < -0.39 is 5.41 Å². The second-order valence-corrected chi connectivity index (χ2v) is 7.07. The summed E-state index contributed by atoms with van der Waals surface area (Å²) in [4.78, 5) is 15.4. The first-order valence-corrected chi connectivity index (χ1v) is 9.58. The fourth-order valence-corrected chi connectivity index (χ4v) is 3.94. The average Bonchev–Trinajstić information content (AvgIpc) is 2.65. The van der Waals surface area contributed by atoms with Gasteiger partial charge in [0.05, 0.1) is 5.41 Å². The predicted octanol–water partition coefficient (Wildman–Crippen LogP) is 4.83.